The van der Waals surface area contributed by atoms with Crippen LogP contribution >= 0.6 is 22.6 Å². The van der Waals surface area contributed by atoms with Crippen LogP contribution in [0.25, 0.3) is 0 Å². The Bertz CT molecular complexity index is 649. The van der Waals surface area contributed by atoms with E-state index in [1.165, 1.54) is 14.7 Å². The minimum atomic E-state index is -11.2. The SMILES string of the molecule is COc1ccc(Cc2ccccc2I)cc1.[F][Sb-]([F])([F])([F])([F])[F].[H+]. The Morgan fingerprint density at radius 2 is 1.39 bits per heavy atom. The Balaban J connectivity index is 0.000000570. The molecule has 0 spiro atoms. The summed E-state index contributed by atoms with van der Waals surface area (Å²) in [4.78, 5) is 0. The predicted molar refractivity (Wildman–Crippen MR) is 88.5 cm³/mol. The van der Waals surface area contributed by atoms with Crippen molar-refractivity contribution in [1.82, 2.24) is 0 Å². The quantitative estimate of drug-likeness (QED) is 0.249. The number of hydrogen-bond acceptors (Lipinski definition) is 1. The van der Waals surface area contributed by atoms with E-state index < -0.39 is 19.5 Å². The number of rotatable bonds is 3. The summed E-state index contributed by atoms with van der Waals surface area (Å²) in [5, 5.41) is 0. The number of ether oxygens (including phenoxy) is 1. The monoisotopic (exact) mass is 560 g/mol. The van der Waals surface area contributed by atoms with Gasteiger partial charge in [-0.1, -0.05) is 30.3 Å². The molecule has 2 aromatic carbocycles. The van der Waals surface area contributed by atoms with Gasteiger partial charge in [-0.3, -0.25) is 0 Å². The molecule has 1 nitrogen and oxygen atoms in total. The van der Waals surface area contributed by atoms with Gasteiger partial charge in [0.2, 0.25) is 0 Å². The van der Waals surface area contributed by atoms with Gasteiger partial charge in [0, 0.05) is 3.57 Å². The zero-order valence-corrected chi connectivity index (χ0v) is 16.5. The summed E-state index contributed by atoms with van der Waals surface area (Å²) in [7, 11) is 1.69. The van der Waals surface area contributed by atoms with Crippen molar-refractivity contribution in [3.63, 3.8) is 0 Å². The van der Waals surface area contributed by atoms with Crippen LogP contribution < -0.4 is 4.74 Å². The third kappa shape index (κ3) is 11.5. The van der Waals surface area contributed by atoms with Crippen molar-refractivity contribution in [2.75, 3.05) is 7.11 Å². The van der Waals surface area contributed by atoms with E-state index in [-0.39, 0.29) is 1.43 Å². The topological polar surface area (TPSA) is 9.23 Å². The Hall–Kier alpha value is -0.632. The van der Waals surface area contributed by atoms with Crippen LogP contribution in [-0.4, -0.2) is 26.6 Å². The van der Waals surface area contributed by atoms with Gasteiger partial charge in [0.15, 0.2) is 0 Å². The molecule has 2 aromatic rings. The van der Waals surface area contributed by atoms with E-state index >= 15 is 0 Å². The summed E-state index contributed by atoms with van der Waals surface area (Å²) in [6.45, 7) is 0. The van der Waals surface area contributed by atoms with E-state index in [0.29, 0.717) is 0 Å². The molecule has 9 heteroatoms. The molecule has 0 heterocycles. The third-order valence-electron chi connectivity index (χ3n) is 2.51. The Kier molecular flexibility index (Phi) is 5.95. The molecule has 0 atom stereocenters. The number of halogens is 7. The molecule has 0 bridgehead atoms. The molecule has 0 N–H and O–H groups in total. The van der Waals surface area contributed by atoms with Gasteiger partial charge in [-0.15, -0.1) is 0 Å². The van der Waals surface area contributed by atoms with E-state index in [1.807, 2.05) is 12.1 Å². The molecular formula is C14H14F6IOSb. The van der Waals surface area contributed by atoms with Gasteiger partial charge in [0.25, 0.3) is 0 Å². The van der Waals surface area contributed by atoms with E-state index in [2.05, 4.69) is 59.0 Å². The zero-order valence-electron chi connectivity index (χ0n) is 12.8. The molecule has 0 aromatic heterocycles. The van der Waals surface area contributed by atoms with Crippen molar-refractivity contribution in [2.24, 2.45) is 0 Å². The predicted octanol–water partition coefficient (Wildman–Crippen LogP) is 6.14. The second-order valence-corrected chi connectivity index (χ2v) is 11.2. The van der Waals surface area contributed by atoms with Crippen LogP contribution in [0.15, 0.2) is 48.5 Å². The number of methoxy groups -OCH3 is 1. The minimum absolute atomic E-state index is 0. The van der Waals surface area contributed by atoms with Crippen molar-refractivity contribution in [3.05, 3.63) is 63.2 Å². The Morgan fingerprint density at radius 1 is 0.913 bits per heavy atom. The normalized spacial score (nSPS) is 14.1. The smallest absolute Gasteiger partial charge is 1.00 e. The molecule has 0 amide bonds. The molecule has 0 aliphatic rings. The summed E-state index contributed by atoms with van der Waals surface area (Å²) in [6.07, 6.45) is 0.975. The maximum Gasteiger partial charge on any atom is 1.00 e. The molecule has 0 aliphatic carbocycles. The van der Waals surface area contributed by atoms with Crippen LogP contribution in [0.4, 0.5) is 16.9 Å². The Labute approximate surface area is 147 Å². The molecule has 0 saturated carbocycles. The minimum Gasteiger partial charge on any atom is 1.00 e. The number of benzene rings is 2. The first kappa shape index (κ1) is 20.4. The molecule has 130 valence electrons. The van der Waals surface area contributed by atoms with Crippen LogP contribution in [-0.2, 0) is 6.42 Å². The van der Waals surface area contributed by atoms with Gasteiger partial charge in [0.05, 0.1) is 7.11 Å². The second kappa shape index (κ2) is 6.70. The summed E-state index contributed by atoms with van der Waals surface area (Å²) in [5.74, 6) is 0.909. The van der Waals surface area contributed by atoms with Gasteiger partial charge in [0.1, 0.15) is 5.75 Å². The zero-order chi connectivity index (χ0) is 17.8. The van der Waals surface area contributed by atoms with E-state index in [4.69, 9.17) is 4.74 Å². The largest absolute Gasteiger partial charge is 1.00 e. The van der Waals surface area contributed by atoms with Gasteiger partial charge < -0.3 is 4.74 Å². The van der Waals surface area contributed by atoms with E-state index in [0.717, 1.165) is 12.2 Å². The van der Waals surface area contributed by atoms with Gasteiger partial charge in [-0.25, -0.2) is 0 Å². The van der Waals surface area contributed by atoms with E-state index in [1.54, 1.807) is 7.11 Å². The first-order chi connectivity index (χ1) is 10.2. The first-order valence-corrected chi connectivity index (χ1v) is 13.0. The molecule has 0 saturated heterocycles. The summed E-state index contributed by atoms with van der Waals surface area (Å²) < 4.78 is 66.0. The molecular weight excluding hydrogens is 547 g/mol. The molecule has 0 aliphatic heterocycles. The second-order valence-electron chi connectivity index (χ2n) is 4.57. The van der Waals surface area contributed by atoms with Crippen molar-refractivity contribution in [1.29, 1.82) is 0 Å². The van der Waals surface area contributed by atoms with Crippen molar-refractivity contribution < 1.29 is 23.0 Å². The fraction of sp³-hybridized carbons (Fsp3) is 0.143. The van der Waals surface area contributed by atoms with Gasteiger partial charge >= 0.3 is 37.8 Å². The Morgan fingerprint density at radius 3 is 1.83 bits per heavy atom. The average molecular weight is 561 g/mol. The molecule has 0 fully saturated rings. The van der Waals surface area contributed by atoms with Gasteiger partial charge in [-0.05, 0) is 58.3 Å². The van der Waals surface area contributed by atoms with Crippen molar-refractivity contribution in [2.45, 2.75) is 6.42 Å². The molecule has 0 unspecified atom stereocenters. The van der Waals surface area contributed by atoms with Crippen LogP contribution in [0.5, 0.6) is 5.75 Å². The average Bonchev–Trinajstić information content (AvgIpc) is 2.39. The first-order valence-electron chi connectivity index (χ1n) is 6.17. The van der Waals surface area contributed by atoms with Crippen molar-refractivity contribution in [3.8, 4) is 5.75 Å². The maximum atomic E-state index is 9.93. The van der Waals surface area contributed by atoms with Crippen LogP contribution in [0, 0.1) is 3.57 Å². The van der Waals surface area contributed by atoms with Crippen molar-refractivity contribution >= 4 is 42.1 Å². The third-order valence-corrected chi connectivity index (χ3v) is 3.56. The van der Waals surface area contributed by atoms with Crippen LogP contribution in [0.1, 0.15) is 12.6 Å². The molecule has 23 heavy (non-hydrogen) atoms. The summed E-state index contributed by atoms with van der Waals surface area (Å²) in [5.41, 5.74) is 2.68. The van der Waals surface area contributed by atoms with Crippen LogP contribution in [0.2, 0.25) is 0 Å². The maximum absolute atomic E-state index is 11.2. The fourth-order valence-corrected chi connectivity index (χ4v) is 2.18. The van der Waals surface area contributed by atoms with E-state index in [9.17, 15) is 16.9 Å². The summed E-state index contributed by atoms with van der Waals surface area (Å²) >= 11 is -8.87. The van der Waals surface area contributed by atoms with Gasteiger partial charge in [-0.2, -0.15) is 0 Å². The number of hydrogen-bond donors (Lipinski definition) is 0. The van der Waals surface area contributed by atoms with Crippen LogP contribution in [0.3, 0.4) is 0 Å². The summed E-state index contributed by atoms with van der Waals surface area (Å²) in [6, 6.07) is 16.7. The standard InChI is InChI=1S/C14H13IO.6FH.Sb/c1-16-13-8-6-11(7-9-13)10-12-4-2-3-5-14(12)15;;;;;;;/h2-9H,10H2,1H3;6*1H;/q;;;;;;;+5/p-5. The molecule has 2 rings (SSSR count). The molecule has 0 radical (unpaired) electrons. The fourth-order valence-electron chi connectivity index (χ4n) is 1.61.